The number of nitrogens with zero attached hydrogens (tertiary/aromatic N) is 6. The maximum atomic E-state index is 14.5. The largest absolute Gasteiger partial charge is 0.480 e. The maximum Gasteiger partial charge on any atom is 0.326 e. The normalized spacial score (nSPS) is 22.9. The number of carbonyl (C=O) groups excluding carboxylic acids is 1. The monoisotopic (exact) mass is 606 g/mol. The van der Waals surface area contributed by atoms with Crippen molar-refractivity contribution in [3.8, 4) is 5.88 Å². The van der Waals surface area contributed by atoms with Gasteiger partial charge in [0.25, 0.3) is 6.43 Å². The molecule has 44 heavy (non-hydrogen) atoms. The third kappa shape index (κ3) is 5.29. The number of hydrogen-bond donors (Lipinski definition) is 0. The van der Waals surface area contributed by atoms with Crippen LogP contribution in [-0.2, 0) is 11.3 Å². The van der Waals surface area contributed by atoms with Crippen LogP contribution < -0.4 is 14.5 Å². The Labute approximate surface area is 256 Å². The van der Waals surface area contributed by atoms with Crippen molar-refractivity contribution < 1.29 is 23.0 Å². The topological polar surface area (TPSA) is 76.0 Å². The Bertz CT molecular complexity index is 1500. The summed E-state index contributed by atoms with van der Waals surface area (Å²) in [6.45, 7) is 4.26. The highest BCUT2D eigenvalue weighted by Crippen LogP contribution is 2.45. The van der Waals surface area contributed by atoms with Gasteiger partial charge < -0.3 is 19.3 Å². The van der Waals surface area contributed by atoms with Crippen molar-refractivity contribution in [2.24, 2.45) is 0 Å². The van der Waals surface area contributed by atoms with Crippen molar-refractivity contribution in [3.63, 3.8) is 0 Å². The molecule has 2 unspecified atom stereocenters. The molecular weight excluding hydrogens is 566 g/mol. The molecule has 3 fully saturated rings. The van der Waals surface area contributed by atoms with E-state index in [2.05, 4.69) is 36.3 Å². The molecule has 9 nitrogen and oxygen atoms in total. The predicted octanol–water partition coefficient (Wildman–Crippen LogP) is 6.97. The van der Waals surface area contributed by atoms with Gasteiger partial charge in [0.05, 0.1) is 19.7 Å². The molecule has 7 rings (SSSR count). The Kier molecular flexibility index (Phi) is 7.90. The molecule has 1 aromatic carbocycles. The first-order valence-corrected chi connectivity index (χ1v) is 15.9. The highest BCUT2D eigenvalue weighted by molar-refractivity contribution is 5.94. The fourth-order valence-electron chi connectivity index (χ4n) is 7.24. The third-order valence-corrected chi connectivity index (χ3v) is 9.69. The van der Waals surface area contributed by atoms with Crippen LogP contribution in [0.25, 0.3) is 0 Å². The van der Waals surface area contributed by atoms with Gasteiger partial charge in [-0.05, 0) is 75.0 Å². The Morgan fingerprint density at radius 1 is 1.05 bits per heavy atom. The van der Waals surface area contributed by atoms with E-state index in [0.29, 0.717) is 56.5 Å². The van der Waals surface area contributed by atoms with Crippen LogP contribution in [0.1, 0.15) is 98.7 Å². The van der Waals surface area contributed by atoms with Gasteiger partial charge in [0.15, 0.2) is 5.82 Å². The summed E-state index contributed by atoms with van der Waals surface area (Å²) >= 11 is 0. The lowest BCUT2D eigenvalue weighted by Crippen LogP contribution is -2.55. The first kappa shape index (κ1) is 29.0. The molecule has 3 aliphatic heterocycles. The minimum Gasteiger partial charge on any atom is -0.480 e. The fraction of sp³-hybridized carbons (Fsp3) is 0.545. The Morgan fingerprint density at radius 2 is 1.84 bits per heavy atom. The van der Waals surface area contributed by atoms with Gasteiger partial charge in [0.2, 0.25) is 5.88 Å². The summed E-state index contributed by atoms with van der Waals surface area (Å²) in [5, 5.41) is 4.99. The number of urea groups is 1. The zero-order valence-electron chi connectivity index (χ0n) is 25.4. The van der Waals surface area contributed by atoms with Crippen LogP contribution in [0.3, 0.4) is 0 Å². The lowest BCUT2D eigenvalue weighted by atomic mass is 9.96. The molecule has 4 aliphatic rings. The van der Waals surface area contributed by atoms with Gasteiger partial charge in [-0.2, -0.15) is 5.10 Å². The maximum absolute atomic E-state index is 14.5. The Morgan fingerprint density at radius 3 is 2.55 bits per heavy atom. The van der Waals surface area contributed by atoms with E-state index < -0.39 is 6.43 Å². The number of hydrogen-bond acceptors (Lipinski definition) is 6. The van der Waals surface area contributed by atoms with Crippen molar-refractivity contribution in [2.75, 3.05) is 36.6 Å². The van der Waals surface area contributed by atoms with Gasteiger partial charge >= 0.3 is 6.03 Å². The van der Waals surface area contributed by atoms with E-state index in [0.717, 1.165) is 30.4 Å². The van der Waals surface area contributed by atoms with Gasteiger partial charge in [-0.25, -0.2) is 23.2 Å². The third-order valence-electron chi connectivity index (χ3n) is 9.69. The summed E-state index contributed by atoms with van der Waals surface area (Å²) in [6, 6.07) is 9.49. The molecule has 1 aliphatic carbocycles. The number of ether oxygens (including phenoxy) is 2. The first-order valence-electron chi connectivity index (χ1n) is 15.9. The van der Waals surface area contributed by atoms with Crippen LogP contribution in [0, 0.1) is 0 Å². The summed E-state index contributed by atoms with van der Waals surface area (Å²) in [5.41, 5.74) is 3.75. The molecule has 234 valence electrons. The second kappa shape index (κ2) is 12.0. The number of piperidine rings is 1. The van der Waals surface area contributed by atoms with Crippen molar-refractivity contribution >= 4 is 17.5 Å². The summed E-state index contributed by atoms with van der Waals surface area (Å²) < 4.78 is 41.3. The summed E-state index contributed by atoms with van der Waals surface area (Å²) in [5.74, 6) is 1.46. The van der Waals surface area contributed by atoms with E-state index in [1.165, 1.54) is 37.8 Å². The van der Waals surface area contributed by atoms with Gasteiger partial charge in [0, 0.05) is 49.3 Å². The quantitative estimate of drug-likeness (QED) is 0.276. The molecular formula is C33H40F2N6O3. The van der Waals surface area contributed by atoms with E-state index >= 15 is 0 Å². The summed E-state index contributed by atoms with van der Waals surface area (Å²) in [7, 11) is 1.45. The highest BCUT2D eigenvalue weighted by Gasteiger charge is 2.43. The van der Waals surface area contributed by atoms with Crippen LogP contribution in [0.2, 0.25) is 0 Å². The number of aromatic nitrogens is 3. The summed E-state index contributed by atoms with van der Waals surface area (Å²) in [4.78, 5) is 24.5. The smallest absolute Gasteiger partial charge is 0.326 e. The predicted molar refractivity (Wildman–Crippen MR) is 162 cm³/mol. The van der Waals surface area contributed by atoms with Crippen LogP contribution >= 0.6 is 0 Å². The van der Waals surface area contributed by atoms with Gasteiger partial charge in [-0.15, -0.1) is 0 Å². The summed E-state index contributed by atoms with van der Waals surface area (Å²) in [6.07, 6.45) is 7.32. The molecule has 0 radical (unpaired) electrons. The number of anilines is 2. The van der Waals surface area contributed by atoms with Gasteiger partial charge in [0.1, 0.15) is 11.9 Å². The average molecular weight is 607 g/mol. The molecule has 0 N–H and O–H groups in total. The first-order chi connectivity index (χ1) is 21.4. The fourth-order valence-corrected chi connectivity index (χ4v) is 7.24. The average Bonchev–Trinajstić information content (AvgIpc) is 3.81. The SMILES string of the molecule is COc1nccc(C(F)F)c1N1CCC(N2C(=O)N(Cc3ccccc3C3CC3)c3nn(C4CCCCO4)cc3C2C)CC1. The molecule has 5 heterocycles. The lowest BCUT2D eigenvalue weighted by Gasteiger charge is -2.46. The number of pyridine rings is 1. The molecule has 2 saturated heterocycles. The molecule has 11 heteroatoms. The van der Waals surface area contributed by atoms with Crippen molar-refractivity contribution in [1.29, 1.82) is 0 Å². The van der Waals surface area contributed by atoms with Gasteiger partial charge in [-0.3, -0.25) is 4.90 Å². The highest BCUT2D eigenvalue weighted by atomic mass is 19.3. The van der Waals surface area contributed by atoms with Crippen molar-refractivity contribution in [1.82, 2.24) is 19.7 Å². The van der Waals surface area contributed by atoms with E-state index in [-0.39, 0.29) is 35.8 Å². The molecule has 2 amide bonds. The lowest BCUT2D eigenvalue weighted by molar-refractivity contribution is -0.0394. The standard InChI is InChI=1S/C33H40F2N6O3/c1-21-27-20-40(28-9-5-6-18-44-28)37-31(27)39(19-23-7-3-4-8-25(23)22-10-11-22)33(42)41(21)24-13-16-38(17-14-24)29-26(30(34)35)12-15-36-32(29)43-2/h3-4,7-8,12,15,20-22,24,28,30H,5-6,9-11,13-14,16-19H2,1-2H3. The molecule has 3 aromatic rings. The molecule has 0 bridgehead atoms. The number of rotatable bonds is 8. The molecule has 2 aromatic heterocycles. The van der Waals surface area contributed by atoms with E-state index in [1.807, 2.05) is 25.4 Å². The number of benzene rings is 1. The Balaban J connectivity index is 1.19. The Hall–Kier alpha value is -3.73. The van der Waals surface area contributed by atoms with Crippen molar-refractivity contribution in [3.05, 3.63) is 65.0 Å². The number of amides is 2. The second-order valence-electron chi connectivity index (χ2n) is 12.4. The van der Waals surface area contributed by atoms with Crippen LogP contribution in [0.4, 0.5) is 25.1 Å². The number of fused-ring (bicyclic) bond motifs is 1. The minimum absolute atomic E-state index is 0.0592. The van der Waals surface area contributed by atoms with Gasteiger partial charge in [-0.1, -0.05) is 24.3 Å². The number of halogens is 2. The number of methoxy groups -OCH3 is 1. The molecule has 1 saturated carbocycles. The second-order valence-corrected chi connectivity index (χ2v) is 12.4. The zero-order chi connectivity index (χ0) is 30.4. The van der Waals surface area contributed by atoms with Crippen molar-refractivity contribution in [2.45, 2.75) is 89.1 Å². The number of carbonyl (C=O) groups is 1. The minimum atomic E-state index is -2.64. The molecule has 0 spiro atoms. The van der Waals surface area contributed by atoms with Crippen LogP contribution in [0.5, 0.6) is 5.88 Å². The van der Waals surface area contributed by atoms with E-state index in [9.17, 15) is 13.6 Å². The van der Waals surface area contributed by atoms with Crippen LogP contribution in [0.15, 0.2) is 42.7 Å². The van der Waals surface area contributed by atoms with Crippen LogP contribution in [-0.4, -0.2) is 58.5 Å². The van der Waals surface area contributed by atoms with E-state index in [1.54, 1.807) is 0 Å². The van der Waals surface area contributed by atoms with E-state index in [4.69, 9.17) is 14.6 Å². The zero-order valence-corrected chi connectivity index (χ0v) is 25.4. The number of alkyl halides is 2. The molecule has 2 atom stereocenters.